The lowest BCUT2D eigenvalue weighted by atomic mass is 10.2. The second-order valence-corrected chi connectivity index (χ2v) is 6.05. The summed E-state index contributed by atoms with van der Waals surface area (Å²) in [6.45, 7) is 2.36. The predicted octanol–water partition coefficient (Wildman–Crippen LogP) is 5.36. The highest BCUT2D eigenvalue weighted by Gasteiger charge is 1.99. The number of ether oxygens (including phenoxy) is 1. The van der Waals surface area contributed by atoms with Gasteiger partial charge in [0, 0.05) is 18.3 Å². The molecule has 0 aliphatic heterocycles. The van der Waals surface area contributed by atoms with Crippen LogP contribution in [-0.4, -0.2) is 12.1 Å². The molecule has 0 atom stereocenters. The van der Waals surface area contributed by atoms with Gasteiger partial charge < -0.3 is 10.1 Å². The number of nitrogens with one attached hydrogen (secondary N) is 1. The van der Waals surface area contributed by atoms with Crippen LogP contribution in [0.4, 0.5) is 11.4 Å². The maximum absolute atomic E-state index is 11.4. The lowest BCUT2D eigenvalue weighted by molar-refractivity contribution is -0.115. The molecule has 0 aromatic heterocycles. The highest BCUT2D eigenvalue weighted by molar-refractivity contribution is 5.90. The first-order valence-corrected chi connectivity index (χ1v) is 8.94. The van der Waals surface area contributed by atoms with E-state index in [1.807, 2.05) is 85.8 Å². The molecule has 0 fully saturated rings. The summed E-state index contributed by atoms with van der Waals surface area (Å²) in [6.07, 6.45) is 2.26. The van der Waals surface area contributed by atoms with E-state index in [0.717, 1.165) is 28.3 Å². The Hall–Kier alpha value is -3.40. The van der Waals surface area contributed by atoms with E-state index in [0.29, 0.717) is 13.0 Å². The van der Waals surface area contributed by atoms with Gasteiger partial charge in [0.15, 0.2) is 0 Å². The molecule has 1 amide bonds. The number of aliphatic imine (C=N–C) groups is 1. The monoisotopic (exact) mass is 358 g/mol. The van der Waals surface area contributed by atoms with Crippen molar-refractivity contribution in [3.8, 4) is 5.75 Å². The van der Waals surface area contributed by atoms with Crippen LogP contribution < -0.4 is 10.1 Å². The second-order valence-electron chi connectivity index (χ2n) is 6.05. The minimum Gasteiger partial charge on any atom is -0.489 e. The maximum atomic E-state index is 11.4. The van der Waals surface area contributed by atoms with E-state index >= 15 is 0 Å². The third-order valence-corrected chi connectivity index (χ3v) is 3.94. The first-order valence-electron chi connectivity index (χ1n) is 8.94. The van der Waals surface area contributed by atoms with Gasteiger partial charge in [0.25, 0.3) is 0 Å². The number of nitrogens with zero attached hydrogens (tertiary/aromatic N) is 1. The fourth-order valence-electron chi connectivity index (χ4n) is 2.45. The zero-order valence-electron chi connectivity index (χ0n) is 15.3. The van der Waals surface area contributed by atoms with Crippen LogP contribution in [0.3, 0.4) is 0 Å². The van der Waals surface area contributed by atoms with Gasteiger partial charge in [-0.3, -0.25) is 9.79 Å². The molecule has 3 aromatic carbocycles. The third kappa shape index (κ3) is 5.82. The number of carbonyl (C=O) groups is 1. The van der Waals surface area contributed by atoms with Crippen LogP contribution in [0.2, 0.25) is 0 Å². The fraction of sp³-hybridized carbons (Fsp3) is 0.130. The summed E-state index contributed by atoms with van der Waals surface area (Å²) in [5.41, 5.74) is 3.69. The molecule has 0 unspecified atom stereocenters. The second kappa shape index (κ2) is 9.34. The summed E-state index contributed by atoms with van der Waals surface area (Å²) in [7, 11) is 0. The van der Waals surface area contributed by atoms with Crippen LogP contribution >= 0.6 is 0 Å². The van der Waals surface area contributed by atoms with Gasteiger partial charge in [-0.1, -0.05) is 49.4 Å². The van der Waals surface area contributed by atoms with Crippen LogP contribution in [0, 0.1) is 0 Å². The molecule has 0 bridgehead atoms. The van der Waals surface area contributed by atoms with Crippen molar-refractivity contribution in [3.05, 3.63) is 90.0 Å². The van der Waals surface area contributed by atoms with Gasteiger partial charge in [0.05, 0.1) is 5.69 Å². The molecule has 0 aliphatic rings. The SMILES string of the molecule is CCC(=O)Nc1ccc(N=Cc2cccc(OCc3ccccc3)c2)cc1. The number of amides is 1. The molecule has 0 saturated carbocycles. The minimum atomic E-state index is -0.00133. The Kier molecular flexibility index (Phi) is 6.36. The van der Waals surface area contributed by atoms with Crippen molar-refractivity contribution in [3.63, 3.8) is 0 Å². The number of anilines is 1. The molecular weight excluding hydrogens is 336 g/mol. The van der Waals surface area contributed by atoms with Gasteiger partial charge in [0.2, 0.25) is 5.91 Å². The molecule has 0 spiro atoms. The zero-order chi connectivity index (χ0) is 18.9. The number of hydrogen-bond donors (Lipinski definition) is 1. The van der Waals surface area contributed by atoms with Crippen LogP contribution in [0.5, 0.6) is 5.75 Å². The van der Waals surface area contributed by atoms with Gasteiger partial charge in [-0.15, -0.1) is 0 Å². The van der Waals surface area contributed by atoms with E-state index < -0.39 is 0 Å². The van der Waals surface area contributed by atoms with E-state index in [-0.39, 0.29) is 5.91 Å². The topological polar surface area (TPSA) is 50.7 Å². The Morgan fingerprint density at radius 3 is 2.52 bits per heavy atom. The molecule has 0 heterocycles. The van der Waals surface area contributed by atoms with Crippen molar-refractivity contribution in [2.75, 3.05) is 5.32 Å². The van der Waals surface area contributed by atoms with E-state index in [2.05, 4.69) is 10.3 Å². The van der Waals surface area contributed by atoms with Crippen LogP contribution in [0.1, 0.15) is 24.5 Å². The Bertz CT molecular complexity index is 903. The van der Waals surface area contributed by atoms with E-state index in [1.165, 1.54) is 0 Å². The lowest BCUT2D eigenvalue weighted by Gasteiger charge is -2.07. The van der Waals surface area contributed by atoms with E-state index in [4.69, 9.17) is 4.74 Å². The van der Waals surface area contributed by atoms with E-state index in [1.54, 1.807) is 6.21 Å². The Labute approximate surface area is 159 Å². The van der Waals surface area contributed by atoms with Crippen molar-refractivity contribution >= 4 is 23.5 Å². The van der Waals surface area contributed by atoms with Crippen molar-refractivity contribution in [1.82, 2.24) is 0 Å². The lowest BCUT2D eigenvalue weighted by Crippen LogP contribution is -2.08. The molecule has 3 aromatic rings. The molecule has 0 radical (unpaired) electrons. The fourth-order valence-corrected chi connectivity index (χ4v) is 2.45. The minimum absolute atomic E-state index is 0.00133. The van der Waals surface area contributed by atoms with Gasteiger partial charge >= 0.3 is 0 Å². The molecule has 4 nitrogen and oxygen atoms in total. The summed E-state index contributed by atoms with van der Waals surface area (Å²) < 4.78 is 5.85. The van der Waals surface area contributed by atoms with Crippen molar-refractivity contribution < 1.29 is 9.53 Å². The third-order valence-electron chi connectivity index (χ3n) is 3.94. The van der Waals surface area contributed by atoms with Crippen molar-refractivity contribution in [1.29, 1.82) is 0 Å². The number of hydrogen-bond acceptors (Lipinski definition) is 3. The predicted molar refractivity (Wildman–Crippen MR) is 110 cm³/mol. The van der Waals surface area contributed by atoms with E-state index in [9.17, 15) is 4.79 Å². The van der Waals surface area contributed by atoms with Gasteiger partial charge in [-0.05, 0) is 47.5 Å². The normalized spacial score (nSPS) is 10.7. The maximum Gasteiger partial charge on any atom is 0.224 e. The largest absolute Gasteiger partial charge is 0.489 e. The quantitative estimate of drug-likeness (QED) is 0.578. The summed E-state index contributed by atoms with van der Waals surface area (Å²) in [6, 6.07) is 25.3. The smallest absolute Gasteiger partial charge is 0.224 e. The molecule has 0 aliphatic carbocycles. The van der Waals surface area contributed by atoms with Crippen LogP contribution in [0.15, 0.2) is 83.9 Å². The Morgan fingerprint density at radius 2 is 1.78 bits per heavy atom. The van der Waals surface area contributed by atoms with Gasteiger partial charge in [-0.25, -0.2) is 0 Å². The summed E-state index contributed by atoms with van der Waals surface area (Å²) in [5.74, 6) is 0.805. The zero-order valence-corrected chi connectivity index (χ0v) is 15.3. The number of rotatable bonds is 7. The highest BCUT2D eigenvalue weighted by Crippen LogP contribution is 2.18. The van der Waals surface area contributed by atoms with Gasteiger partial charge in [0.1, 0.15) is 12.4 Å². The average Bonchev–Trinajstić information content (AvgIpc) is 2.73. The van der Waals surface area contributed by atoms with Crippen LogP contribution in [0.25, 0.3) is 0 Å². The van der Waals surface area contributed by atoms with Crippen molar-refractivity contribution in [2.45, 2.75) is 20.0 Å². The first-order chi connectivity index (χ1) is 13.2. The van der Waals surface area contributed by atoms with Crippen molar-refractivity contribution in [2.24, 2.45) is 4.99 Å². The molecule has 27 heavy (non-hydrogen) atoms. The van der Waals surface area contributed by atoms with Gasteiger partial charge in [-0.2, -0.15) is 0 Å². The first kappa shape index (κ1) is 18.4. The highest BCUT2D eigenvalue weighted by atomic mass is 16.5. The summed E-state index contributed by atoms with van der Waals surface area (Å²) >= 11 is 0. The van der Waals surface area contributed by atoms with Crippen LogP contribution in [-0.2, 0) is 11.4 Å². The Morgan fingerprint density at radius 1 is 1.00 bits per heavy atom. The summed E-state index contributed by atoms with van der Waals surface area (Å²) in [5, 5.41) is 2.82. The molecule has 136 valence electrons. The molecule has 0 saturated heterocycles. The molecule has 3 rings (SSSR count). The molecule has 1 N–H and O–H groups in total. The summed E-state index contributed by atoms with van der Waals surface area (Å²) in [4.78, 5) is 15.9. The number of benzene rings is 3. The molecule has 4 heteroatoms. The standard InChI is InChI=1S/C23H22N2O2/c1-2-23(26)25-21-13-11-20(12-14-21)24-16-19-9-6-10-22(15-19)27-17-18-7-4-3-5-8-18/h3-16H,2,17H2,1H3,(H,25,26). The molecular formula is C23H22N2O2. The number of carbonyl (C=O) groups excluding carboxylic acids is 1. The Balaban J connectivity index is 1.61. The average molecular weight is 358 g/mol.